The van der Waals surface area contributed by atoms with Gasteiger partial charge in [0.15, 0.2) is 0 Å². The molecule has 3 nitrogen and oxygen atoms in total. The molecule has 0 aromatic carbocycles. The number of rotatable bonds is 9. The van der Waals surface area contributed by atoms with Crippen molar-refractivity contribution >= 4 is 5.97 Å². The van der Waals surface area contributed by atoms with Crippen LogP contribution >= 0.6 is 0 Å². The van der Waals surface area contributed by atoms with E-state index in [1.54, 1.807) is 0 Å². The van der Waals surface area contributed by atoms with Crippen LogP contribution in [0, 0.1) is 0 Å². The molecule has 1 heterocycles. The molecule has 0 radical (unpaired) electrons. The summed E-state index contributed by atoms with van der Waals surface area (Å²) in [4.78, 5) is 14.7. The van der Waals surface area contributed by atoms with E-state index in [2.05, 4.69) is 46.4 Å². The Morgan fingerprint density at radius 1 is 0.957 bits per heavy atom. The minimum absolute atomic E-state index is 0.00189. The molecule has 0 N–H and O–H groups in total. The van der Waals surface area contributed by atoms with Crippen LogP contribution in [0.25, 0.3) is 0 Å². The lowest BCUT2D eigenvalue weighted by atomic mass is 9.78. The maximum atomic E-state index is 12.1. The van der Waals surface area contributed by atoms with E-state index in [4.69, 9.17) is 4.74 Å². The van der Waals surface area contributed by atoms with Crippen LogP contribution in [0.5, 0.6) is 0 Å². The third-order valence-electron chi connectivity index (χ3n) is 5.15. The van der Waals surface area contributed by atoms with Crippen LogP contribution < -0.4 is 0 Å². The third-order valence-corrected chi connectivity index (χ3v) is 5.15. The Bertz CT molecular complexity index is 345. The van der Waals surface area contributed by atoms with E-state index in [1.165, 1.54) is 19.3 Å². The van der Waals surface area contributed by atoms with Crippen LogP contribution in [0.15, 0.2) is 0 Å². The Labute approximate surface area is 144 Å². The van der Waals surface area contributed by atoms with Crippen LogP contribution in [-0.4, -0.2) is 34.6 Å². The first-order chi connectivity index (χ1) is 10.7. The summed E-state index contributed by atoms with van der Waals surface area (Å²) in [6.07, 6.45) is 9.56. The van der Waals surface area contributed by atoms with Gasteiger partial charge >= 0.3 is 5.97 Å². The number of piperidine rings is 1. The Morgan fingerprint density at radius 3 is 2.04 bits per heavy atom. The van der Waals surface area contributed by atoms with Crippen molar-refractivity contribution in [3.63, 3.8) is 0 Å². The molecule has 1 rings (SSSR count). The van der Waals surface area contributed by atoms with Gasteiger partial charge in [0.25, 0.3) is 0 Å². The molecule has 0 bridgehead atoms. The van der Waals surface area contributed by atoms with Crippen LogP contribution in [0.2, 0.25) is 0 Å². The summed E-state index contributed by atoms with van der Waals surface area (Å²) >= 11 is 0. The maximum absolute atomic E-state index is 12.1. The van der Waals surface area contributed by atoms with Crippen molar-refractivity contribution in [3.05, 3.63) is 0 Å². The maximum Gasteiger partial charge on any atom is 0.306 e. The van der Waals surface area contributed by atoms with Crippen LogP contribution in [-0.2, 0) is 9.53 Å². The Hall–Kier alpha value is -0.570. The van der Waals surface area contributed by atoms with E-state index in [0.717, 1.165) is 38.6 Å². The first-order valence-electron chi connectivity index (χ1n) is 9.70. The zero-order chi connectivity index (χ0) is 17.5. The molecule has 0 unspecified atom stereocenters. The van der Waals surface area contributed by atoms with Crippen molar-refractivity contribution in [1.29, 1.82) is 0 Å². The standard InChI is InChI=1S/C20H39NO2/c1-7-9-10-11-12-13-18(22)23-17-15-19(3,4)21(14-8-2)20(5,6)16-17/h17H,7-16H2,1-6H3. The first kappa shape index (κ1) is 20.5. The zero-order valence-corrected chi connectivity index (χ0v) is 16.4. The molecule has 1 fully saturated rings. The highest BCUT2D eigenvalue weighted by Gasteiger charge is 2.45. The monoisotopic (exact) mass is 325 g/mol. The van der Waals surface area contributed by atoms with Gasteiger partial charge < -0.3 is 4.74 Å². The fraction of sp³-hybridized carbons (Fsp3) is 0.950. The quantitative estimate of drug-likeness (QED) is 0.424. The highest BCUT2D eigenvalue weighted by atomic mass is 16.5. The van der Waals surface area contributed by atoms with E-state index in [1.807, 2.05) is 0 Å². The molecule has 23 heavy (non-hydrogen) atoms. The van der Waals surface area contributed by atoms with Gasteiger partial charge in [0.05, 0.1) is 0 Å². The van der Waals surface area contributed by atoms with Crippen molar-refractivity contribution < 1.29 is 9.53 Å². The average molecular weight is 326 g/mol. The second kappa shape index (κ2) is 9.05. The van der Waals surface area contributed by atoms with Crippen molar-refractivity contribution in [1.82, 2.24) is 4.90 Å². The van der Waals surface area contributed by atoms with Crippen molar-refractivity contribution in [2.75, 3.05) is 6.54 Å². The normalized spacial score (nSPS) is 21.3. The van der Waals surface area contributed by atoms with E-state index in [0.29, 0.717) is 6.42 Å². The average Bonchev–Trinajstić information content (AvgIpc) is 2.41. The number of carbonyl (C=O) groups excluding carboxylic acids is 1. The largest absolute Gasteiger partial charge is 0.462 e. The van der Waals surface area contributed by atoms with Gasteiger partial charge in [-0.1, -0.05) is 39.5 Å². The smallest absolute Gasteiger partial charge is 0.306 e. The Morgan fingerprint density at radius 2 is 1.52 bits per heavy atom. The molecule has 0 spiro atoms. The van der Waals surface area contributed by atoms with Gasteiger partial charge in [0.1, 0.15) is 6.10 Å². The molecule has 0 saturated carbocycles. The summed E-state index contributed by atoms with van der Waals surface area (Å²) in [5, 5.41) is 0. The highest BCUT2D eigenvalue weighted by molar-refractivity contribution is 5.69. The molecule has 0 amide bonds. The molecule has 0 aliphatic carbocycles. The zero-order valence-electron chi connectivity index (χ0n) is 16.4. The van der Waals surface area contributed by atoms with Crippen molar-refractivity contribution in [2.45, 2.75) is 117 Å². The predicted octanol–water partition coefficient (Wildman–Crippen LogP) is 5.32. The molecule has 136 valence electrons. The van der Waals surface area contributed by atoms with Crippen molar-refractivity contribution in [3.8, 4) is 0 Å². The second-order valence-corrected chi connectivity index (χ2v) is 8.46. The number of ether oxygens (including phenoxy) is 1. The lowest BCUT2D eigenvalue weighted by molar-refractivity contribution is -0.160. The number of nitrogens with zero attached hydrogens (tertiary/aromatic N) is 1. The topological polar surface area (TPSA) is 29.5 Å². The van der Waals surface area contributed by atoms with Gasteiger partial charge in [-0.15, -0.1) is 0 Å². The van der Waals surface area contributed by atoms with E-state index in [-0.39, 0.29) is 23.2 Å². The molecule has 0 aromatic heterocycles. The fourth-order valence-corrected chi connectivity index (χ4v) is 4.26. The molecular formula is C20H39NO2. The third kappa shape index (κ3) is 6.45. The number of unbranched alkanes of at least 4 members (excludes halogenated alkanes) is 4. The lowest BCUT2D eigenvalue weighted by Crippen LogP contribution is -2.62. The second-order valence-electron chi connectivity index (χ2n) is 8.46. The number of esters is 1. The van der Waals surface area contributed by atoms with Crippen LogP contribution in [0.1, 0.15) is 99.3 Å². The number of likely N-dealkylation sites (tertiary alicyclic amines) is 1. The summed E-state index contributed by atoms with van der Waals surface area (Å²) in [5.74, 6) is 0.00189. The Kier molecular flexibility index (Phi) is 8.06. The number of carbonyl (C=O) groups is 1. The summed E-state index contributed by atoms with van der Waals surface area (Å²) in [6.45, 7) is 14.7. The van der Waals surface area contributed by atoms with E-state index in [9.17, 15) is 4.79 Å². The fourth-order valence-electron chi connectivity index (χ4n) is 4.26. The van der Waals surface area contributed by atoms with Gasteiger partial charge in [-0.2, -0.15) is 0 Å². The number of hydrogen-bond acceptors (Lipinski definition) is 3. The molecule has 1 aliphatic rings. The van der Waals surface area contributed by atoms with Gasteiger partial charge in [-0.05, 0) is 47.1 Å². The first-order valence-corrected chi connectivity index (χ1v) is 9.70. The summed E-state index contributed by atoms with van der Waals surface area (Å²) in [7, 11) is 0. The number of hydrogen-bond donors (Lipinski definition) is 0. The van der Waals surface area contributed by atoms with Crippen LogP contribution in [0.4, 0.5) is 0 Å². The Balaban J connectivity index is 2.48. The van der Waals surface area contributed by atoms with E-state index < -0.39 is 0 Å². The molecule has 1 aliphatic heterocycles. The molecular weight excluding hydrogens is 286 g/mol. The SMILES string of the molecule is CCCCCCCC(=O)OC1CC(C)(C)N(CCC)C(C)(C)C1. The summed E-state index contributed by atoms with van der Waals surface area (Å²) < 4.78 is 5.83. The summed E-state index contributed by atoms with van der Waals surface area (Å²) in [5.41, 5.74) is 0.174. The van der Waals surface area contributed by atoms with Crippen molar-refractivity contribution in [2.24, 2.45) is 0 Å². The lowest BCUT2D eigenvalue weighted by Gasteiger charge is -2.55. The minimum Gasteiger partial charge on any atom is -0.462 e. The van der Waals surface area contributed by atoms with E-state index >= 15 is 0 Å². The molecule has 0 atom stereocenters. The van der Waals surface area contributed by atoms with Gasteiger partial charge in [-0.3, -0.25) is 9.69 Å². The van der Waals surface area contributed by atoms with Crippen LogP contribution in [0.3, 0.4) is 0 Å². The molecule has 1 saturated heterocycles. The highest BCUT2D eigenvalue weighted by Crippen LogP contribution is 2.39. The molecule has 0 aromatic rings. The van der Waals surface area contributed by atoms with Gasteiger partial charge in [0.2, 0.25) is 0 Å². The van der Waals surface area contributed by atoms with Gasteiger partial charge in [-0.25, -0.2) is 0 Å². The minimum atomic E-state index is 0.00189. The molecule has 3 heteroatoms. The predicted molar refractivity (Wildman–Crippen MR) is 97.6 cm³/mol. The summed E-state index contributed by atoms with van der Waals surface area (Å²) in [6, 6.07) is 0. The van der Waals surface area contributed by atoms with Gasteiger partial charge in [0, 0.05) is 30.3 Å².